The smallest absolute Gasteiger partial charge is 0.410 e. The second kappa shape index (κ2) is 12.9. The molecule has 2 N–H and O–H groups in total. The highest BCUT2D eigenvalue weighted by atomic mass is 127. The molecule has 0 aliphatic carbocycles. The Morgan fingerprint density at radius 1 is 1.28 bits per heavy atom. The lowest BCUT2D eigenvalue weighted by Crippen LogP contribution is -2.39. The second-order valence-corrected chi connectivity index (χ2v) is 8.26. The summed E-state index contributed by atoms with van der Waals surface area (Å²) in [6, 6.07) is 3.83. The molecule has 0 saturated carbocycles. The summed E-state index contributed by atoms with van der Waals surface area (Å²) in [4.78, 5) is 25.1. The predicted molar refractivity (Wildman–Crippen MR) is 127 cm³/mol. The number of hydrogen-bond donors (Lipinski definition) is 1. The Hall–Kier alpha value is -1.58. The molecule has 0 radical (unpaired) electrons. The molecule has 164 valence electrons. The van der Waals surface area contributed by atoms with Crippen LogP contribution in [0.15, 0.2) is 29.5 Å². The van der Waals surface area contributed by atoms with Gasteiger partial charge >= 0.3 is 6.09 Å². The van der Waals surface area contributed by atoms with Gasteiger partial charge in [-0.2, -0.15) is 0 Å². The molecule has 0 aromatic carbocycles. The van der Waals surface area contributed by atoms with Crippen LogP contribution in [0.25, 0.3) is 0 Å². The lowest BCUT2D eigenvalue weighted by molar-refractivity contribution is 0.0232. The van der Waals surface area contributed by atoms with Gasteiger partial charge in [-0.25, -0.2) is 4.79 Å². The van der Waals surface area contributed by atoms with Crippen molar-refractivity contribution in [1.82, 2.24) is 14.8 Å². The molecule has 2 heterocycles. The highest BCUT2D eigenvalue weighted by molar-refractivity contribution is 14.0. The number of nitrogens with two attached hydrogens (primary N) is 1. The Morgan fingerprint density at radius 3 is 2.55 bits per heavy atom. The summed E-state index contributed by atoms with van der Waals surface area (Å²) in [5.41, 5.74) is 6.61. The lowest BCUT2D eigenvalue weighted by Gasteiger charge is -2.27. The number of aliphatic imine (C=N–C) groups is 1. The number of nitrogens with zero attached hydrogens (tertiary/aromatic N) is 4. The van der Waals surface area contributed by atoms with E-state index < -0.39 is 5.60 Å². The predicted octanol–water partition coefficient (Wildman–Crippen LogP) is 4.02. The molecule has 0 spiro atoms. The van der Waals surface area contributed by atoms with Gasteiger partial charge in [0, 0.05) is 38.6 Å². The molecular weight excluding hydrogens is 481 g/mol. The average molecular weight is 517 g/mol. The fourth-order valence-corrected chi connectivity index (χ4v) is 3.13. The van der Waals surface area contributed by atoms with Gasteiger partial charge in [0.25, 0.3) is 0 Å². The quantitative estimate of drug-likeness (QED) is 0.267. The van der Waals surface area contributed by atoms with Crippen molar-refractivity contribution < 1.29 is 9.53 Å². The molecule has 8 heteroatoms. The van der Waals surface area contributed by atoms with Gasteiger partial charge in [0.05, 0.1) is 6.54 Å². The number of ether oxygens (including phenoxy) is 1. The van der Waals surface area contributed by atoms with Gasteiger partial charge in [-0.1, -0.05) is 18.9 Å². The maximum absolute atomic E-state index is 12.6. The molecule has 0 atom stereocenters. The molecule has 1 fully saturated rings. The largest absolute Gasteiger partial charge is 0.444 e. The van der Waals surface area contributed by atoms with Gasteiger partial charge in [0.15, 0.2) is 5.96 Å². The normalized spacial score (nSPS) is 15.3. The third-order valence-electron chi connectivity index (χ3n) is 4.54. The molecule has 1 aromatic rings. The van der Waals surface area contributed by atoms with Gasteiger partial charge in [-0.05, 0) is 51.7 Å². The molecule has 1 saturated heterocycles. The van der Waals surface area contributed by atoms with Crippen molar-refractivity contribution in [2.75, 3.05) is 26.2 Å². The Balaban J connectivity index is 0.00000420. The average Bonchev–Trinajstić information content (AvgIpc) is 2.93. The Morgan fingerprint density at radius 2 is 1.97 bits per heavy atom. The van der Waals surface area contributed by atoms with E-state index >= 15 is 0 Å². The van der Waals surface area contributed by atoms with Crippen LogP contribution in [0.5, 0.6) is 0 Å². The highest BCUT2D eigenvalue weighted by Crippen LogP contribution is 2.13. The summed E-state index contributed by atoms with van der Waals surface area (Å²) in [6.07, 6.45) is 8.79. The summed E-state index contributed by atoms with van der Waals surface area (Å²) < 4.78 is 5.56. The van der Waals surface area contributed by atoms with Crippen molar-refractivity contribution >= 4 is 36.0 Å². The topological polar surface area (TPSA) is 84.0 Å². The zero-order valence-corrected chi connectivity index (χ0v) is 20.3. The van der Waals surface area contributed by atoms with Crippen molar-refractivity contribution in [3.63, 3.8) is 0 Å². The third-order valence-corrected chi connectivity index (χ3v) is 4.54. The summed E-state index contributed by atoms with van der Waals surface area (Å²) >= 11 is 0. The number of guanidine groups is 1. The van der Waals surface area contributed by atoms with Gasteiger partial charge in [0.2, 0.25) is 0 Å². The van der Waals surface area contributed by atoms with Crippen LogP contribution in [0.3, 0.4) is 0 Å². The van der Waals surface area contributed by atoms with Crippen LogP contribution in [0.2, 0.25) is 0 Å². The Bertz CT molecular complexity index is 626. The standard InChI is InChI=1S/C21H35N5O2.HI/c1-21(2,3)28-20(27)26(17-18-10-8-11-23-16-18)15-9-12-24-19(22)25-13-6-4-5-7-14-25;/h8,10-11,16H,4-7,9,12-15,17H2,1-3H3,(H2,22,24);1H. The number of halogens is 1. The third kappa shape index (κ3) is 10.1. The van der Waals surface area contributed by atoms with Crippen molar-refractivity contribution in [3.05, 3.63) is 30.1 Å². The number of aromatic nitrogens is 1. The molecule has 1 amide bonds. The zero-order chi connectivity index (χ0) is 20.4. The first-order valence-electron chi connectivity index (χ1n) is 10.3. The first-order chi connectivity index (χ1) is 13.3. The fourth-order valence-electron chi connectivity index (χ4n) is 3.13. The number of carbonyl (C=O) groups excluding carboxylic acids is 1. The van der Waals surface area contributed by atoms with Crippen molar-refractivity contribution in [2.45, 2.75) is 65.0 Å². The Kier molecular flexibility index (Phi) is 11.3. The van der Waals surface area contributed by atoms with Crippen LogP contribution < -0.4 is 5.73 Å². The molecule has 1 aliphatic heterocycles. The summed E-state index contributed by atoms with van der Waals surface area (Å²) in [5.74, 6) is 0.623. The number of hydrogen-bond acceptors (Lipinski definition) is 4. The van der Waals surface area contributed by atoms with Crippen LogP contribution in [-0.4, -0.2) is 58.6 Å². The molecule has 1 aromatic heterocycles. The zero-order valence-electron chi connectivity index (χ0n) is 18.0. The van der Waals surface area contributed by atoms with E-state index in [2.05, 4.69) is 14.9 Å². The number of rotatable bonds is 6. The van der Waals surface area contributed by atoms with E-state index in [0.29, 0.717) is 25.6 Å². The van der Waals surface area contributed by atoms with Crippen molar-refractivity contribution in [3.8, 4) is 0 Å². The first-order valence-corrected chi connectivity index (χ1v) is 10.3. The van der Waals surface area contributed by atoms with Gasteiger partial charge in [0.1, 0.15) is 5.60 Å². The Labute approximate surface area is 192 Å². The van der Waals surface area contributed by atoms with Crippen LogP contribution >= 0.6 is 24.0 Å². The second-order valence-electron chi connectivity index (χ2n) is 8.26. The highest BCUT2D eigenvalue weighted by Gasteiger charge is 2.22. The first kappa shape index (κ1) is 25.5. The minimum atomic E-state index is -0.528. The summed E-state index contributed by atoms with van der Waals surface area (Å²) in [5, 5.41) is 0. The monoisotopic (exact) mass is 517 g/mol. The molecule has 0 bridgehead atoms. The summed E-state index contributed by atoms with van der Waals surface area (Å²) in [6.45, 7) is 9.21. The van der Waals surface area contributed by atoms with E-state index in [9.17, 15) is 4.79 Å². The minimum absolute atomic E-state index is 0. The van der Waals surface area contributed by atoms with E-state index in [1.165, 1.54) is 25.7 Å². The number of carbonyl (C=O) groups is 1. The van der Waals surface area contributed by atoms with Crippen LogP contribution in [-0.2, 0) is 11.3 Å². The van der Waals surface area contributed by atoms with Crippen LogP contribution in [0.4, 0.5) is 4.79 Å². The van der Waals surface area contributed by atoms with Crippen LogP contribution in [0.1, 0.15) is 58.4 Å². The lowest BCUT2D eigenvalue weighted by atomic mass is 10.2. The number of amides is 1. The number of likely N-dealkylation sites (tertiary alicyclic amines) is 1. The van der Waals surface area contributed by atoms with Gasteiger partial charge in [-0.15, -0.1) is 24.0 Å². The van der Waals surface area contributed by atoms with E-state index in [4.69, 9.17) is 10.5 Å². The number of pyridine rings is 1. The molecular formula is C21H36IN5O2. The van der Waals surface area contributed by atoms with E-state index in [1.807, 2.05) is 32.9 Å². The minimum Gasteiger partial charge on any atom is -0.444 e. The summed E-state index contributed by atoms with van der Waals surface area (Å²) in [7, 11) is 0. The maximum Gasteiger partial charge on any atom is 0.410 e. The van der Waals surface area contributed by atoms with Crippen molar-refractivity contribution in [1.29, 1.82) is 0 Å². The molecule has 0 unspecified atom stereocenters. The molecule has 2 rings (SSSR count). The van der Waals surface area contributed by atoms with E-state index in [0.717, 1.165) is 25.1 Å². The molecule has 29 heavy (non-hydrogen) atoms. The van der Waals surface area contributed by atoms with Gasteiger partial charge < -0.3 is 20.3 Å². The fraction of sp³-hybridized carbons (Fsp3) is 0.667. The molecule has 7 nitrogen and oxygen atoms in total. The van der Waals surface area contributed by atoms with Crippen LogP contribution in [0, 0.1) is 0 Å². The molecule has 1 aliphatic rings. The van der Waals surface area contributed by atoms with Gasteiger partial charge in [-0.3, -0.25) is 9.98 Å². The van der Waals surface area contributed by atoms with E-state index in [1.54, 1.807) is 17.3 Å². The van der Waals surface area contributed by atoms with E-state index in [-0.39, 0.29) is 30.1 Å². The SMILES string of the molecule is CC(C)(C)OC(=O)N(CCCN=C(N)N1CCCCCC1)Cc1cccnc1.I. The maximum atomic E-state index is 12.6. The van der Waals surface area contributed by atoms with Crippen molar-refractivity contribution in [2.24, 2.45) is 10.7 Å².